The van der Waals surface area contributed by atoms with Crippen LogP contribution in [0.3, 0.4) is 0 Å². The van der Waals surface area contributed by atoms with E-state index in [2.05, 4.69) is 4.90 Å². The lowest BCUT2D eigenvalue weighted by Gasteiger charge is -2.50. The van der Waals surface area contributed by atoms with E-state index in [4.69, 9.17) is 5.73 Å². The van der Waals surface area contributed by atoms with Crippen molar-refractivity contribution in [2.45, 2.75) is 43.7 Å². The molecule has 0 aromatic rings. The summed E-state index contributed by atoms with van der Waals surface area (Å²) in [6.07, 6.45) is 4.19. The second-order valence-corrected chi connectivity index (χ2v) is 8.83. The Labute approximate surface area is 115 Å². The Balaban J connectivity index is 1.86. The molecule has 0 saturated carbocycles. The Kier molecular flexibility index (Phi) is 3.20. The van der Waals surface area contributed by atoms with Gasteiger partial charge in [-0.3, -0.25) is 0 Å². The summed E-state index contributed by atoms with van der Waals surface area (Å²) in [4.78, 5) is 2.43. The van der Waals surface area contributed by atoms with E-state index in [0.29, 0.717) is 25.3 Å². The molecule has 5 nitrogen and oxygen atoms in total. The summed E-state index contributed by atoms with van der Waals surface area (Å²) in [7, 11) is -3.03. The summed E-state index contributed by atoms with van der Waals surface area (Å²) in [5, 5.41) is 11.1. The largest absolute Gasteiger partial charge is 0.389 e. The summed E-state index contributed by atoms with van der Waals surface area (Å²) < 4.78 is 23.7. The minimum Gasteiger partial charge on any atom is -0.389 e. The average Bonchev–Trinajstić information content (AvgIpc) is 2.93. The van der Waals surface area contributed by atoms with Gasteiger partial charge in [-0.2, -0.15) is 0 Å². The highest BCUT2D eigenvalue weighted by atomic mass is 32.2. The molecule has 3 rings (SSSR count). The predicted molar refractivity (Wildman–Crippen MR) is 73.5 cm³/mol. The van der Waals surface area contributed by atoms with E-state index in [1.807, 2.05) is 0 Å². The van der Waals surface area contributed by atoms with Crippen molar-refractivity contribution < 1.29 is 13.5 Å². The molecule has 0 bridgehead atoms. The molecule has 0 radical (unpaired) electrons. The van der Waals surface area contributed by atoms with Gasteiger partial charge in [0.05, 0.1) is 17.1 Å². The van der Waals surface area contributed by atoms with Crippen LogP contribution in [0.1, 0.15) is 32.1 Å². The van der Waals surface area contributed by atoms with Crippen LogP contribution in [0.25, 0.3) is 0 Å². The van der Waals surface area contributed by atoms with Crippen molar-refractivity contribution in [1.82, 2.24) is 4.90 Å². The minimum atomic E-state index is -3.03. The van der Waals surface area contributed by atoms with Crippen LogP contribution in [0.5, 0.6) is 0 Å². The van der Waals surface area contributed by atoms with E-state index in [0.717, 1.165) is 19.5 Å². The number of nitrogens with zero attached hydrogens (tertiary/aromatic N) is 1. The van der Waals surface area contributed by atoms with Crippen molar-refractivity contribution in [3.63, 3.8) is 0 Å². The van der Waals surface area contributed by atoms with E-state index in [-0.39, 0.29) is 18.1 Å². The molecular weight excluding hydrogens is 264 g/mol. The first-order chi connectivity index (χ1) is 8.90. The van der Waals surface area contributed by atoms with Crippen LogP contribution in [0.4, 0.5) is 0 Å². The van der Waals surface area contributed by atoms with Gasteiger partial charge in [-0.15, -0.1) is 0 Å². The molecule has 3 unspecified atom stereocenters. The Morgan fingerprint density at radius 1 is 1.32 bits per heavy atom. The molecule has 0 aliphatic carbocycles. The highest BCUT2D eigenvalue weighted by Crippen LogP contribution is 2.48. The number of rotatable bonds is 2. The maximum absolute atomic E-state index is 11.8. The van der Waals surface area contributed by atoms with Crippen molar-refractivity contribution >= 4 is 9.84 Å². The van der Waals surface area contributed by atoms with Crippen molar-refractivity contribution in [1.29, 1.82) is 0 Å². The molecule has 3 heterocycles. The molecule has 0 spiro atoms. The van der Waals surface area contributed by atoms with Gasteiger partial charge >= 0.3 is 0 Å². The van der Waals surface area contributed by atoms with Crippen LogP contribution in [0.2, 0.25) is 0 Å². The van der Waals surface area contributed by atoms with Crippen molar-refractivity contribution in [3.8, 4) is 0 Å². The van der Waals surface area contributed by atoms with Crippen LogP contribution in [-0.2, 0) is 9.84 Å². The third kappa shape index (κ3) is 2.13. The van der Waals surface area contributed by atoms with Crippen LogP contribution < -0.4 is 5.73 Å². The fourth-order valence-electron chi connectivity index (χ4n) is 4.36. The predicted octanol–water partition coefficient (Wildman–Crippen LogP) is -0.261. The highest BCUT2D eigenvalue weighted by molar-refractivity contribution is 7.91. The van der Waals surface area contributed by atoms with Gasteiger partial charge in [-0.05, 0) is 38.6 Å². The topological polar surface area (TPSA) is 83.6 Å². The first-order valence-electron chi connectivity index (χ1n) is 7.27. The van der Waals surface area contributed by atoms with Crippen LogP contribution >= 0.6 is 0 Å². The zero-order chi connectivity index (χ0) is 13.7. The third-order valence-electron chi connectivity index (χ3n) is 5.65. The molecule has 3 fully saturated rings. The number of sulfone groups is 1. The van der Waals surface area contributed by atoms with Gasteiger partial charge in [0.15, 0.2) is 9.84 Å². The van der Waals surface area contributed by atoms with Gasteiger partial charge in [-0.25, -0.2) is 8.42 Å². The lowest BCUT2D eigenvalue weighted by atomic mass is 9.65. The zero-order valence-electron chi connectivity index (χ0n) is 11.3. The fourth-order valence-corrected chi connectivity index (χ4v) is 6.58. The standard InChI is InChI=1S/C13H24N2O3S/c14-9-12(4-7-19(17,18)10-12)13(16)3-6-15-5-1-2-11(15)8-13/h11,16H,1-10,14H2. The maximum Gasteiger partial charge on any atom is 0.151 e. The summed E-state index contributed by atoms with van der Waals surface area (Å²) in [5.74, 6) is 0.251. The van der Waals surface area contributed by atoms with Gasteiger partial charge in [0.2, 0.25) is 0 Å². The molecule has 3 saturated heterocycles. The second kappa shape index (κ2) is 4.41. The Morgan fingerprint density at radius 2 is 2.11 bits per heavy atom. The quantitative estimate of drug-likeness (QED) is 0.731. The Bertz CT molecular complexity index is 467. The van der Waals surface area contributed by atoms with Gasteiger partial charge in [0, 0.05) is 24.5 Å². The number of hydrogen-bond acceptors (Lipinski definition) is 5. The van der Waals surface area contributed by atoms with Gasteiger partial charge in [0.1, 0.15) is 0 Å². The van der Waals surface area contributed by atoms with Crippen LogP contribution in [-0.4, -0.2) is 61.2 Å². The molecule has 6 heteroatoms. The van der Waals surface area contributed by atoms with Crippen LogP contribution in [0.15, 0.2) is 0 Å². The molecule has 19 heavy (non-hydrogen) atoms. The number of hydrogen-bond donors (Lipinski definition) is 2. The number of fused-ring (bicyclic) bond motifs is 1. The SMILES string of the molecule is NCC1(C2(O)CCN3CCCC3C2)CCS(=O)(=O)C1. The number of nitrogens with two attached hydrogens (primary N) is 1. The summed E-state index contributed by atoms with van der Waals surface area (Å²) >= 11 is 0. The van der Waals surface area contributed by atoms with Crippen molar-refractivity contribution in [3.05, 3.63) is 0 Å². The molecule has 0 amide bonds. The summed E-state index contributed by atoms with van der Waals surface area (Å²) in [6, 6.07) is 0.422. The first-order valence-corrected chi connectivity index (χ1v) is 9.09. The lowest BCUT2D eigenvalue weighted by molar-refractivity contribution is -0.117. The van der Waals surface area contributed by atoms with Crippen molar-refractivity contribution in [2.24, 2.45) is 11.1 Å². The minimum absolute atomic E-state index is 0.0692. The third-order valence-corrected chi connectivity index (χ3v) is 7.47. The van der Waals surface area contributed by atoms with E-state index in [1.165, 1.54) is 6.42 Å². The lowest BCUT2D eigenvalue weighted by Crippen LogP contribution is -2.60. The molecule has 0 aromatic carbocycles. The molecule has 0 aromatic heterocycles. The molecule has 3 aliphatic rings. The van der Waals surface area contributed by atoms with Crippen LogP contribution in [0, 0.1) is 5.41 Å². The van der Waals surface area contributed by atoms with E-state index in [1.54, 1.807) is 0 Å². The molecule has 3 N–H and O–H groups in total. The number of piperidine rings is 1. The smallest absolute Gasteiger partial charge is 0.151 e. The van der Waals surface area contributed by atoms with Gasteiger partial charge in [0.25, 0.3) is 0 Å². The molecular formula is C13H24N2O3S. The highest BCUT2D eigenvalue weighted by Gasteiger charge is 2.57. The summed E-state index contributed by atoms with van der Waals surface area (Å²) in [6.45, 7) is 2.27. The van der Waals surface area contributed by atoms with E-state index < -0.39 is 20.9 Å². The average molecular weight is 288 g/mol. The first kappa shape index (κ1) is 13.8. The second-order valence-electron chi connectivity index (χ2n) is 6.64. The van der Waals surface area contributed by atoms with E-state index in [9.17, 15) is 13.5 Å². The molecule has 110 valence electrons. The summed E-state index contributed by atoms with van der Waals surface area (Å²) in [5.41, 5.74) is 4.40. The van der Waals surface area contributed by atoms with Gasteiger partial charge in [-0.1, -0.05) is 0 Å². The maximum atomic E-state index is 11.8. The number of aliphatic hydroxyl groups is 1. The Morgan fingerprint density at radius 3 is 2.74 bits per heavy atom. The fraction of sp³-hybridized carbons (Fsp3) is 1.00. The zero-order valence-corrected chi connectivity index (χ0v) is 12.2. The van der Waals surface area contributed by atoms with Crippen molar-refractivity contribution in [2.75, 3.05) is 31.1 Å². The van der Waals surface area contributed by atoms with Gasteiger partial charge < -0.3 is 15.7 Å². The molecule has 3 atom stereocenters. The molecule has 3 aliphatic heterocycles. The monoisotopic (exact) mass is 288 g/mol. The normalized spacial score (nSPS) is 46.3. The Hall–Kier alpha value is -0.170. The van der Waals surface area contributed by atoms with E-state index >= 15 is 0 Å².